The lowest BCUT2D eigenvalue weighted by molar-refractivity contribution is -0.131. The Morgan fingerprint density at radius 2 is 1.31 bits per heavy atom. The SMILES string of the molecule is C=CC(=O)N1CC(n2cc(-c3cc4c(OC)ccc(OC)c4s3)c3c(N)ncnc32)C1.C=CC(=O)N1CCC(n2cc(-c3ccc4cc(OC)ccc4c3)c3c(N)ncnc32)C1. The van der Waals surface area contributed by atoms with Crippen molar-refractivity contribution in [2.75, 3.05) is 59.0 Å². The molecule has 314 valence electrons. The number of thiophene rings is 1. The van der Waals surface area contributed by atoms with E-state index < -0.39 is 0 Å². The van der Waals surface area contributed by atoms with Gasteiger partial charge in [-0.25, -0.2) is 19.9 Å². The zero-order chi connectivity index (χ0) is 43.2. The van der Waals surface area contributed by atoms with Crippen LogP contribution >= 0.6 is 11.3 Å². The normalized spacial score (nSPS) is 15.1. The number of benzene rings is 3. The van der Waals surface area contributed by atoms with Gasteiger partial charge in [0.05, 0.1) is 48.9 Å². The number of likely N-dealkylation sites (tertiary alicyclic amines) is 2. The van der Waals surface area contributed by atoms with E-state index in [0.717, 1.165) is 88.2 Å². The molecular formula is C46H44N10O5S. The minimum atomic E-state index is -0.0641. The second-order valence-corrected chi connectivity index (χ2v) is 16.2. The highest BCUT2D eigenvalue weighted by atomic mass is 32.1. The number of hydrogen-bond acceptors (Lipinski definition) is 12. The second-order valence-electron chi connectivity index (χ2n) is 15.1. The molecule has 3 aromatic carbocycles. The van der Waals surface area contributed by atoms with Crippen LogP contribution in [0.5, 0.6) is 17.2 Å². The summed E-state index contributed by atoms with van der Waals surface area (Å²) in [4.78, 5) is 46.0. The monoisotopic (exact) mass is 848 g/mol. The Morgan fingerprint density at radius 1 is 0.710 bits per heavy atom. The van der Waals surface area contributed by atoms with Crippen LogP contribution in [0.25, 0.3) is 64.5 Å². The van der Waals surface area contributed by atoms with Gasteiger partial charge in [-0.1, -0.05) is 31.4 Å². The van der Waals surface area contributed by atoms with Crippen molar-refractivity contribution in [3.63, 3.8) is 0 Å². The van der Waals surface area contributed by atoms with Crippen LogP contribution < -0.4 is 25.7 Å². The molecule has 0 radical (unpaired) electrons. The summed E-state index contributed by atoms with van der Waals surface area (Å²) in [6.45, 7) is 9.69. The standard InChI is InChI=1S/C24H23N5O2.C22H21N5O3S/c1-3-21(30)28-9-8-18(12-28)29-13-20(22-23(25)26-14-27-24(22)29)17-5-4-16-11-19(31-2)7-6-15(16)10-17;1-4-18(28)26-8-12(9-26)27-10-14(19-21(23)24-11-25-22(19)27)17-7-13-15(29-2)5-6-16(30-3)20(13)31-17/h3-7,10-11,13-14,18H,1,8-9,12H2,2H3,(H2,25,26,27);4-7,10-12H,1,8-9H2,2-3H3,(H2,23,24,25). The molecule has 1 unspecified atom stereocenters. The van der Waals surface area contributed by atoms with E-state index in [1.807, 2.05) is 35.2 Å². The Labute approximate surface area is 360 Å². The molecule has 62 heavy (non-hydrogen) atoms. The van der Waals surface area contributed by atoms with Crippen LogP contribution in [-0.2, 0) is 9.59 Å². The molecule has 16 heteroatoms. The maximum absolute atomic E-state index is 12.0. The van der Waals surface area contributed by atoms with Crippen LogP contribution in [-0.4, -0.2) is 98.2 Å². The summed E-state index contributed by atoms with van der Waals surface area (Å²) in [5.74, 6) is 3.17. The summed E-state index contributed by atoms with van der Waals surface area (Å²) in [6.07, 6.45) is 10.7. The molecule has 2 aliphatic heterocycles. The number of hydrogen-bond donors (Lipinski definition) is 2. The largest absolute Gasteiger partial charge is 0.497 e. The van der Waals surface area contributed by atoms with Crippen LogP contribution in [0.3, 0.4) is 0 Å². The van der Waals surface area contributed by atoms with E-state index in [9.17, 15) is 9.59 Å². The maximum Gasteiger partial charge on any atom is 0.246 e. The van der Waals surface area contributed by atoms with Gasteiger partial charge in [0.25, 0.3) is 0 Å². The minimum absolute atomic E-state index is 0.0433. The molecule has 0 saturated carbocycles. The molecule has 7 heterocycles. The molecule has 2 aliphatic rings. The number of aromatic nitrogens is 6. The highest BCUT2D eigenvalue weighted by Crippen LogP contribution is 2.46. The summed E-state index contributed by atoms with van der Waals surface area (Å²) in [6, 6.07) is 18.5. The number of anilines is 2. The summed E-state index contributed by atoms with van der Waals surface area (Å²) >= 11 is 1.61. The lowest BCUT2D eigenvalue weighted by Gasteiger charge is -2.39. The average Bonchev–Trinajstić information content (AvgIpc) is 4.10. The van der Waals surface area contributed by atoms with E-state index in [-0.39, 0.29) is 23.9 Å². The molecular weight excluding hydrogens is 805 g/mol. The van der Waals surface area contributed by atoms with Gasteiger partial charge in [-0.15, -0.1) is 11.3 Å². The second kappa shape index (κ2) is 16.2. The van der Waals surface area contributed by atoms with Crippen molar-refractivity contribution in [2.24, 2.45) is 0 Å². The van der Waals surface area contributed by atoms with E-state index in [0.29, 0.717) is 37.8 Å². The zero-order valence-electron chi connectivity index (χ0n) is 34.4. The van der Waals surface area contributed by atoms with Gasteiger partial charge >= 0.3 is 0 Å². The number of nitrogens with zero attached hydrogens (tertiary/aromatic N) is 8. The smallest absolute Gasteiger partial charge is 0.246 e. The molecule has 8 aromatic rings. The lowest BCUT2D eigenvalue weighted by Crippen LogP contribution is -2.50. The van der Waals surface area contributed by atoms with Crippen molar-refractivity contribution in [3.05, 3.63) is 105 Å². The van der Waals surface area contributed by atoms with Crippen molar-refractivity contribution < 1.29 is 23.8 Å². The van der Waals surface area contributed by atoms with E-state index in [1.54, 1.807) is 37.6 Å². The maximum atomic E-state index is 12.0. The molecule has 0 spiro atoms. The number of methoxy groups -OCH3 is 3. The number of carbonyl (C=O) groups excluding carboxylic acids is 2. The predicted molar refractivity (Wildman–Crippen MR) is 244 cm³/mol. The molecule has 15 nitrogen and oxygen atoms in total. The van der Waals surface area contributed by atoms with E-state index in [4.69, 9.17) is 25.7 Å². The Bertz CT molecular complexity index is 3030. The third-order valence-electron chi connectivity index (χ3n) is 11.7. The summed E-state index contributed by atoms with van der Waals surface area (Å²) in [5.41, 5.74) is 17.1. The first-order valence-electron chi connectivity index (χ1n) is 19.9. The number of amides is 2. The van der Waals surface area contributed by atoms with Crippen molar-refractivity contribution in [3.8, 4) is 38.8 Å². The van der Waals surface area contributed by atoms with Crippen LogP contribution in [0.1, 0.15) is 18.5 Å². The van der Waals surface area contributed by atoms with Gasteiger partial charge in [0.15, 0.2) is 0 Å². The summed E-state index contributed by atoms with van der Waals surface area (Å²) < 4.78 is 21.7. The van der Waals surface area contributed by atoms with Crippen molar-refractivity contribution in [2.45, 2.75) is 18.5 Å². The van der Waals surface area contributed by atoms with E-state index >= 15 is 0 Å². The lowest BCUT2D eigenvalue weighted by atomic mass is 10.0. The summed E-state index contributed by atoms with van der Waals surface area (Å²) in [7, 11) is 4.98. The molecule has 5 aromatic heterocycles. The highest BCUT2D eigenvalue weighted by molar-refractivity contribution is 7.22. The number of fused-ring (bicyclic) bond motifs is 4. The van der Waals surface area contributed by atoms with Gasteiger partial charge in [-0.05, 0) is 71.3 Å². The summed E-state index contributed by atoms with van der Waals surface area (Å²) in [5, 5.41) is 4.83. The van der Waals surface area contributed by atoms with E-state index in [2.05, 4.69) is 78.9 Å². The van der Waals surface area contributed by atoms with Crippen molar-refractivity contribution >= 4 is 77.7 Å². The molecule has 0 aliphatic carbocycles. The van der Waals surface area contributed by atoms with Crippen LogP contribution in [0.15, 0.2) is 105 Å². The Kier molecular flexibility index (Phi) is 10.4. The number of nitrogens with two attached hydrogens (primary N) is 2. The number of nitrogen functional groups attached to an aromatic ring is 2. The molecule has 2 fully saturated rings. The number of rotatable bonds is 9. The van der Waals surface area contributed by atoms with Crippen molar-refractivity contribution in [1.82, 2.24) is 38.9 Å². The first-order chi connectivity index (χ1) is 30.1. The van der Waals surface area contributed by atoms with E-state index in [1.165, 1.54) is 24.8 Å². The first kappa shape index (κ1) is 40.0. The van der Waals surface area contributed by atoms with Crippen molar-refractivity contribution in [1.29, 1.82) is 0 Å². The van der Waals surface area contributed by atoms with Crippen LogP contribution in [0, 0.1) is 0 Å². The minimum Gasteiger partial charge on any atom is -0.497 e. The van der Waals surface area contributed by atoms with Gasteiger partial charge in [-0.2, -0.15) is 0 Å². The fraction of sp³-hybridized carbons (Fsp3) is 0.217. The van der Waals surface area contributed by atoms with Crippen LogP contribution in [0.4, 0.5) is 11.6 Å². The van der Waals surface area contributed by atoms with Gasteiger partial charge in [0, 0.05) is 60.0 Å². The zero-order valence-corrected chi connectivity index (χ0v) is 35.3. The number of ether oxygens (including phenoxy) is 3. The Hall–Kier alpha value is -7.46. The highest BCUT2D eigenvalue weighted by Gasteiger charge is 2.33. The van der Waals surface area contributed by atoms with Gasteiger partial charge in [-0.3, -0.25) is 9.59 Å². The quantitative estimate of drug-likeness (QED) is 0.139. The molecule has 1 atom stereocenters. The molecule has 0 bridgehead atoms. The molecule has 4 N–H and O–H groups in total. The fourth-order valence-electron chi connectivity index (χ4n) is 8.48. The van der Waals surface area contributed by atoms with Gasteiger partial charge in [0.1, 0.15) is 52.8 Å². The first-order valence-corrected chi connectivity index (χ1v) is 20.7. The molecule has 2 amide bonds. The van der Waals surface area contributed by atoms with Gasteiger partial charge < -0.3 is 44.6 Å². The fourth-order valence-corrected chi connectivity index (χ4v) is 9.66. The van der Waals surface area contributed by atoms with Gasteiger partial charge in [0.2, 0.25) is 11.8 Å². The van der Waals surface area contributed by atoms with Crippen LogP contribution in [0.2, 0.25) is 0 Å². The topological polar surface area (TPSA) is 182 Å². The average molecular weight is 849 g/mol. The molecule has 10 rings (SSSR count). The third kappa shape index (κ3) is 6.87. The Balaban J connectivity index is 0.000000158. The molecule has 2 saturated heterocycles. The Morgan fingerprint density at radius 3 is 1.98 bits per heavy atom. The predicted octanol–water partition coefficient (Wildman–Crippen LogP) is 7.28. The third-order valence-corrected chi connectivity index (χ3v) is 12.9. The number of carbonyl (C=O) groups is 2.